The van der Waals surface area contributed by atoms with E-state index < -0.39 is 5.54 Å². The van der Waals surface area contributed by atoms with Crippen LogP contribution in [0.4, 0.5) is 0 Å². The molecule has 0 saturated carbocycles. The minimum Gasteiger partial charge on any atom is -0.298 e. The Labute approximate surface area is 113 Å². The Hall–Kier alpha value is -0.570. The van der Waals surface area contributed by atoms with Gasteiger partial charge in [0, 0.05) is 16.5 Å². The predicted molar refractivity (Wildman–Crippen MR) is 72.9 cm³/mol. The van der Waals surface area contributed by atoms with E-state index in [1.54, 1.807) is 18.2 Å². The summed E-state index contributed by atoms with van der Waals surface area (Å²) in [4.78, 5) is 14.1. The molecule has 17 heavy (non-hydrogen) atoms. The smallest absolute Gasteiger partial charge is 0.156 e. The van der Waals surface area contributed by atoms with E-state index in [0.29, 0.717) is 15.6 Å². The molecule has 0 aliphatic rings. The second kappa shape index (κ2) is 5.38. The molecule has 0 radical (unpaired) electrons. The van der Waals surface area contributed by atoms with E-state index in [-0.39, 0.29) is 12.2 Å². The molecule has 0 aromatic heterocycles. The fourth-order valence-corrected chi connectivity index (χ4v) is 1.86. The van der Waals surface area contributed by atoms with Crippen LogP contribution in [0.25, 0.3) is 0 Å². The number of hydrogen-bond acceptors (Lipinski definition) is 2. The summed E-state index contributed by atoms with van der Waals surface area (Å²) in [5, 5.41) is 1.08. The quantitative estimate of drug-likeness (QED) is 0.838. The molecule has 1 rings (SSSR count). The topological polar surface area (TPSA) is 20.3 Å². The van der Waals surface area contributed by atoms with Crippen molar-refractivity contribution in [3.63, 3.8) is 0 Å². The third-order valence-corrected chi connectivity index (χ3v) is 3.91. The van der Waals surface area contributed by atoms with Crippen LogP contribution in [0.5, 0.6) is 0 Å². The van der Waals surface area contributed by atoms with Crippen molar-refractivity contribution in [2.75, 3.05) is 14.1 Å². The van der Waals surface area contributed by atoms with Gasteiger partial charge in [-0.3, -0.25) is 9.69 Å². The van der Waals surface area contributed by atoms with Crippen LogP contribution in [0.1, 0.15) is 19.4 Å². The molecule has 0 aliphatic carbocycles. The Morgan fingerprint density at radius 3 is 2.12 bits per heavy atom. The van der Waals surface area contributed by atoms with Gasteiger partial charge >= 0.3 is 0 Å². The summed E-state index contributed by atoms with van der Waals surface area (Å²) in [6.45, 7) is 3.78. The zero-order chi connectivity index (χ0) is 13.2. The predicted octanol–water partition coefficient (Wildman–Crippen LogP) is 3.45. The number of carbonyl (C=O) groups is 1. The monoisotopic (exact) mass is 273 g/mol. The molecule has 0 heterocycles. The fraction of sp³-hybridized carbons (Fsp3) is 0.462. The Balaban J connectivity index is 2.96. The molecule has 4 heteroatoms. The number of benzene rings is 1. The number of likely N-dealkylation sites (N-methyl/N-ethyl adjacent to an activating group) is 1. The maximum Gasteiger partial charge on any atom is 0.156 e. The molecule has 0 fully saturated rings. The molecule has 0 aliphatic heterocycles. The Bertz CT molecular complexity index is 407. The second-order valence-electron chi connectivity index (χ2n) is 4.75. The van der Waals surface area contributed by atoms with Crippen molar-refractivity contribution in [2.24, 2.45) is 0 Å². The first-order valence-electron chi connectivity index (χ1n) is 5.40. The van der Waals surface area contributed by atoms with Crippen molar-refractivity contribution < 1.29 is 4.79 Å². The van der Waals surface area contributed by atoms with Crippen LogP contribution < -0.4 is 0 Å². The highest BCUT2D eigenvalue weighted by molar-refractivity contribution is 6.36. The van der Waals surface area contributed by atoms with E-state index in [1.807, 2.05) is 32.8 Å². The number of Topliss-reactive ketones (excluding diaryl/α,β-unsaturated/α-hetero) is 1. The van der Waals surface area contributed by atoms with Crippen LogP contribution in [0.15, 0.2) is 18.2 Å². The SMILES string of the molecule is CN(C)C(C)(C)C(=O)Cc1c(Cl)cccc1Cl. The minimum absolute atomic E-state index is 0.0949. The molecule has 0 atom stereocenters. The first-order valence-corrected chi connectivity index (χ1v) is 6.16. The number of ketones is 1. The molecule has 0 bridgehead atoms. The van der Waals surface area contributed by atoms with Crippen molar-refractivity contribution in [3.8, 4) is 0 Å². The normalized spacial score (nSPS) is 11.9. The molecule has 0 saturated heterocycles. The van der Waals surface area contributed by atoms with Gasteiger partial charge in [-0.05, 0) is 45.6 Å². The van der Waals surface area contributed by atoms with Crippen molar-refractivity contribution in [2.45, 2.75) is 25.8 Å². The number of rotatable bonds is 4. The molecule has 2 nitrogen and oxygen atoms in total. The van der Waals surface area contributed by atoms with Gasteiger partial charge in [-0.15, -0.1) is 0 Å². The van der Waals surface area contributed by atoms with Gasteiger partial charge in [-0.1, -0.05) is 29.3 Å². The largest absolute Gasteiger partial charge is 0.298 e. The average Bonchev–Trinajstić information content (AvgIpc) is 2.23. The lowest BCUT2D eigenvalue weighted by atomic mass is 9.92. The second-order valence-corrected chi connectivity index (χ2v) is 5.57. The van der Waals surface area contributed by atoms with Crippen LogP contribution in [0, 0.1) is 0 Å². The first-order chi connectivity index (χ1) is 7.76. The van der Waals surface area contributed by atoms with Crippen LogP contribution in [0.2, 0.25) is 10.0 Å². The van der Waals surface area contributed by atoms with Gasteiger partial charge in [0.25, 0.3) is 0 Å². The van der Waals surface area contributed by atoms with E-state index in [1.165, 1.54) is 0 Å². The molecule has 0 spiro atoms. The summed E-state index contributed by atoms with van der Waals surface area (Å²) >= 11 is 12.1. The van der Waals surface area contributed by atoms with E-state index in [4.69, 9.17) is 23.2 Å². The minimum atomic E-state index is -0.525. The summed E-state index contributed by atoms with van der Waals surface area (Å²) in [6.07, 6.45) is 0.254. The number of nitrogens with zero attached hydrogens (tertiary/aromatic N) is 1. The van der Waals surface area contributed by atoms with Gasteiger partial charge in [0.1, 0.15) is 0 Å². The van der Waals surface area contributed by atoms with E-state index in [0.717, 1.165) is 0 Å². The summed E-state index contributed by atoms with van der Waals surface area (Å²) in [7, 11) is 3.76. The van der Waals surface area contributed by atoms with Gasteiger partial charge in [-0.25, -0.2) is 0 Å². The van der Waals surface area contributed by atoms with Gasteiger partial charge in [-0.2, -0.15) is 0 Å². The Morgan fingerprint density at radius 2 is 1.71 bits per heavy atom. The zero-order valence-electron chi connectivity index (χ0n) is 10.6. The van der Waals surface area contributed by atoms with Crippen LogP contribution >= 0.6 is 23.2 Å². The summed E-state index contributed by atoms with van der Waals surface area (Å²) in [5.41, 5.74) is 0.179. The van der Waals surface area contributed by atoms with Crippen LogP contribution in [0.3, 0.4) is 0 Å². The van der Waals surface area contributed by atoms with E-state index in [9.17, 15) is 4.79 Å². The van der Waals surface area contributed by atoms with Crippen molar-refractivity contribution in [3.05, 3.63) is 33.8 Å². The van der Waals surface area contributed by atoms with Crippen molar-refractivity contribution in [1.82, 2.24) is 4.90 Å². The average molecular weight is 274 g/mol. The van der Waals surface area contributed by atoms with Crippen molar-refractivity contribution in [1.29, 1.82) is 0 Å². The molecule has 94 valence electrons. The molecule has 0 amide bonds. The molecule has 1 aromatic carbocycles. The van der Waals surface area contributed by atoms with Gasteiger partial charge in [0.05, 0.1) is 5.54 Å². The highest BCUT2D eigenvalue weighted by Gasteiger charge is 2.30. The lowest BCUT2D eigenvalue weighted by Crippen LogP contribution is -2.46. The molecule has 1 aromatic rings. The molecular weight excluding hydrogens is 257 g/mol. The zero-order valence-corrected chi connectivity index (χ0v) is 12.1. The standard InChI is InChI=1S/C13H17Cl2NO/c1-13(2,16(3)4)12(17)8-9-10(14)6-5-7-11(9)15/h5-7H,8H2,1-4H3. The summed E-state index contributed by atoms with van der Waals surface area (Å²) in [6, 6.07) is 5.27. The number of hydrogen-bond donors (Lipinski definition) is 0. The van der Waals surface area contributed by atoms with Gasteiger partial charge < -0.3 is 0 Å². The van der Waals surface area contributed by atoms with E-state index in [2.05, 4.69) is 0 Å². The first kappa shape index (κ1) is 14.5. The molecular formula is C13H17Cl2NO. The number of carbonyl (C=O) groups excluding carboxylic acids is 1. The lowest BCUT2D eigenvalue weighted by Gasteiger charge is -2.31. The summed E-state index contributed by atoms with van der Waals surface area (Å²) in [5.74, 6) is 0.0949. The third kappa shape index (κ3) is 3.21. The Morgan fingerprint density at radius 1 is 1.24 bits per heavy atom. The maximum absolute atomic E-state index is 12.2. The lowest BCUT2D eigenvalue weighted by molar-refractivity contribution is -0.127. The summed E-state index contributed by atoms with van der Waals surface area (Å²) < 4.78 is 0. The van der Waals surface area contributed by atoms with Crippen LogP contribution in [-0.4, -0.2) is 30.3 Å². The highest BCUT2D eigenvalue weighted by atomic mass is 35.5. The van der Waals surface area contributed by atoms with Gasteiger partial charge in [0.15, 0.2) is 5.78 Å². The fourth-order valence-electron chi connectivity index (χ4n) is 1.33. The highest BCUT2D eigenvalue weighted by Crippen LogP contribution is 2.26. The van der Waals surface area contributed by atoms with Gasteiger partial charge in [0.2, 0.25) is 0 Å². The molecule has 0 unspecified atom stereocenters. The van der Waals surface area contributed by atoms with E-state index >= 15 is 0 Å². The Kier molecular flexibility index (Phi) is 4.59. The number of halogens is 2. The third-order valence-electron chi connectivity index (χ3n) is 3.20. The van der Waals surface area contributed by atoms with Crippen molar-refractivity contribution >= 4 is 29.0 Å². The maximum atomic E-state index is 12.2. The van der Waals surface area contributed by atoms with Crippen LogP contribution in [-0.2, 0) is 11.2 Å². The molecule has 0 N–H and O–H groups in total.